The maximum Gasteiger partial charge on any atom is 0.234 e. The van der Waals surface area contributed by atoms with Crippen LogP contribution in [0.4, 0.5) is 0 Å². The summed E-state index contributed by atoms with van der Waals surface area (Å²) in [4.78, 5) is 14.5. The zero-order valence-electron chi connectivity index (χ0n) is 13.8. The number of carbonyl (C=O) groups excluding carboxylic acids is 1. The van der Waals surface area contributed by atoms with Crippen LogP contribution in [-0.4, -0.2) is 45.2 Å². The van der Waals surface area contributed by atoms with Gasteiger partial charge in [0.1, 0.15) is 5.82 Å². The number of aryl methyl sites for hydroxylation is 1. The molecule has 2 aromatic rings. The van der Waals surface area contributed by atoms with Crippen LogP contribution in [0.2, 0.25) is 0 Å². The first-order valence-electron chi connectivity index (χ1n) is 8.74. The van der Waals surface area contributed by atoms with Gasteiger partial charge in [-0.05, 0) is 30.9 Å². The number of amides is 1. The molecule has 0 saturated carbocycles. The first-order chi connectivity index (χ1) is 11.8. The molecule has 0 unspecified atom stereocenters. The highest BCUT2D eigenvalue weighted by Gasteiger charge is 2.25. The fourth-order valence-electron chi connectivity index (χ4n) is 3.75. The quantitative estimate of drug-likeness (QED) is 0.901. The Bertz CT molecular complexity index is 711. The molecular weight excluding hydrogens is 302 g/mol. The Morgan fingerprint density at radius 2 is 2.08 bits per heavy atom. The summed E-state index contributed by atoms with van der Waals surface area (Å²) in [7, 11) is 0. The maximum atomic E-state index is 12.2. The Morgan fingerprint density at radius 1 is 1.21 bits per heavy atom. The molecule has 24 heavy (non-hydrogen) atoms. The summed E-state index contributed by atoms with van der Waals surface area (Å²) in [5.41, 5.74) is 1.37. The monoisotopic (exact) mass is 325 g/mol. The van der Waals surface area contributed by atoms with Crippen LogP contribution < -0.4 is 5.32 Å². The van der Waals surface area contributed by atoms with Crippen molar-refractivity contribution in [1.29, 1.82) is 0 Å². The van der Waals surface area contributed by atoms with Gasteiger partial charge in [-0.2, -0.15) is 0 Å². The fourth-order valence-corrected chi connectivity index (χ4v) is 3.75. The normalized spacial score (nSPS) is 20.2. The second-order valence-corrected chi connectivity index (χ2v) is 6.70. The standard InChI is InChI=1S/C18H23N5O/c24-18(19-11-17-21-20-16-7-4-9-23(16)17)13-22-10-8-15(12-22)14-5-2-1-3-6-14/h1-3,5-6,15H,4,7-13H2,(H,19,24)/t15-/m1/s1. The van der Waals surface area contributed by atoms with E-state index in [0.29, 0.717) is 19.0 Å². The molecule has 1 aromatic carbocycles. The lowest BCUT2D eigenvalue weighted by Gasteiger charge is -2.16. The highest BCUT2D eigenvalue weighted by atomic mass is 16.2. The van der Waals surface area contributed by atoms with Gasteiger partial charge in [0.15, 0.2) is 5.82 Å². The van der Waals surface area contributed by atoms with Crippen LogP contribution in [0.25, 0.3) is 0 Å². The number of carbonyl (C=O) groups is 1. The molecule has 0 aliphatic carbocycles. The lowest BCUT2D eigenvalue weighted by Crippen LogP contribution is -2.36. The van der Waals surface area contributed by atoms with Crippen molar-refractivity contribution in [2.45, 2.75) is 38.3 Å². The molecule has 0 spiro atoms. The van der Waals surface area contributed by atoms with E-state index in [0.717, 1.165) is 50.5 Å². The minimum atomic E-state index is 0.0686. The molecule has 6 heteroatoms. The number of hydrogen-bond donors (Lipinski definition) is 1. The molecule has 4 rings (SSSR count). The van der Waals surface area contributed by atoms with Gasteiger partial charge < -0.3 is 9.88 Å². The van der Waals surface area contributed by atoms with Crippen molar-refractivity contribution in [3.8, 4) is 0 Å². The highest BCUT2D eigenvalue weighted by molar-refractivity contribution is 5.78. The molecule has 1 amide bonds. The van der Waals surface area contributed by atoms with Gasteiger partial charge in [-0.1, -0.05) is 30.3 Å². The summed E-state index contributed by atoms with van der Waals surface area (Å²) in [6, 6.07) is 10.6. The van der Waals surface area contributed by atoms with Crippen LogP contribution in [0.1, 0.15) is 36.0 Å². The first-order valence-corrected chi connectivity index (χ1v) is 8.74. The van der Waals surface area contributed by atoms with Crippen molar-refractivity contribution in [3.05, 3.63) is 47.5 Å². The summed E-state index contributed by atoms with van der Waals surface area (Å²) in [5, 5.41) is 11.3. The van der Waals surface area contributed by atoms with E-state index >= 15 is 0 Å². The average molecular weight is 325 g/mol. The fraction of sp³-hybridized carbons (Fsp3) is 0.500. The Balaban J connectivity index is 1.26. The number of aromatic nitrogens is 3. The smallest absolute Gasteiger partial charge is 0.234 e. The van der Waals surface area contributed by atoms with Gasteiger partial charge >= 0.3 is 0 Å². The average Bonchev–Trinajstić information content (AvgIpc) is 3.31. The van der Waals surface area contributed by atoms with Gasteiger partial charge in [0.25, 0.3) is 0 Å². The molecule has 2 aliphatic heterocycles. The van der Waals surface area contributed by atoms with Crippen molar-refractivity contribution >= 4 is 5.91 Å². The van der Waals surface area contributed by atoms with E-state index in [1.54, 1.807) is 0 Å². The molecule has 1 atom stereocenters. The van der Waals surface area contributed by atoms with Crippen molar-refractivity contribution in [3.63, 3.8) is 0 Å². The predicted molar refractivity (Wildman–Crippen MR) is 90.4 cm³/mol. The minimum Gasteiger partial charge on any atom is -0.348 e. The number of rotatable bonds is 5. The molecule has 126 valence electrons. The third-order valence-corrected chi connectivity index (χ3v) is 5.04. The van der Waals surface area contributed by atoms with Crippen LogP contribution in [0.5, 0.6) is 0 Å². The van der Waals surface area contributed by atoms with Crippen molar-refractivity contribution in [1.82, 2.24) is 25.0 Å². The topological polar surface area (TPSA) is 63.1 Å². The van der Waals surface area contributed by atoms with Crippen molar-refractivity contribution in [2.75, 3.05) is 19.6 Å². The van der Waals surface area contributed by atoms with E-state index in [-0.39, 0.29) is 5.91 Å². The van der Waals surface area contributed by atoms with E-state index in [1.807, 2.05) is 6.07 Å². The molecule has 0 bridgehead atoms. The van der Waals surface area contributed by atoms with E-state index in [9.17, 15) is 4.79 Å². The molecule has 1 fully saturated rings. The van der Waals surface area contributed by atoms with Gasteiger partial charge in [-0.25, -0.2) is 0 Å². The molecule has 6 nitrogen and oxygen atoms in total. The summed E-state index contributed by atoms with van der Waals surface area (Å²) in [6.45, 7) is 3.84. The van der Waals surface area contributed by atoms with Gasteiger partial charge in [0, 0.05) is 19.5 Å². The van der Waals surface area contributed by atoms with E-state index in [1.165, 1.54) is 5.56 Å². The summed E-state index contributed by atoms with van der Waals surface area (Å²) >= 11 is 0. The summed E-state index contributed by atoms with van der Waals surface area (Å²) in [6.07, 6.45) is 3.24. The molecule has 1 aromatic heterocycles. The number of hydrogen-bond acceptors (Lipinski definition) is 4. The van der Waals surface area contributed by atoms with Crippen LogP contribution in [0.15, 0.2) is 30.3 Å². The summed E-state index contributed by atoms with van der Waals surface area (Å²) < 4.78 is 2.13. The Labute approximate surface area is 141 Å². The number of benzene rings is 1. The van der Waals surface area contributed by atoms with Gasteiger partial charge in [0.2, 0.25) is 5.91 Å². The van der Waals surface area contributed by atoms with Crippen LogP contribution in [-0.2, 0) is 24.3 Å². The molecule has 2 aliphatic rings. The predicted octanol–water partition coefficient (Wildman–Crippen LogP) is 1.33. The van der Waals surface area contributed by atoms with E-state index < -0.39 is 0 Å². The number of likely N-dealkylation sites (tertiary alicyclic amines) is 1. The Kier molecular flexibility index (Phi) is 4.30. The SMILES string of the molecule is O=C(CN1CC[C@@H](c2ccccc2)C1)NCc1nnc2n1CCC2. The second kappa shape index (κ2) is 6.73. The van der Waals surface area contributed by atoms with E-state index in [4.69, 9.17) is 0 Å². The van der Waals surface area contributed by atoms with Gasteiger partial charge in [-0.3, -0.25) is 9.69 Å². The third kappa shape index (κ3) is 3.19. The minimum absolute atomic E-state index is 0.0686. The summed E-state index contributed by atoms with van der Waals surface area (Å²) in [5.74, 6) is 2.53. The van der Waals surface area contributed by atoms with Crippen LogP contribution in [0, 0.1) is 0 Å². The number of nitrogens with one attached hydrogen (secondary N) is 1. The number of fused-ring (bicyclic) bond motifs is 1. The zero-order chi connectivity index (χ0) is 16.4. The third-order valence-electron chi connectivity index (χ3n) is 5.04. The van der Waals surface area contributed by atoms with Gasteiger partial charge in [-0.15, -0.1) is 10.2 Å². The van der Waals surface area contributed by atoms with E-state index in [2.05, 4.69) is 49.2 Å². The van der Waals surface area contributed by atoms with Crippen LogP contribution >= 0.6 is 0 Å². The lowest BCUT2D eigenvalue weighted by molar-refractivity contribution is -0.122. The molecule has 0 radical (unpaired) electrons. The Hall–Kier alpha value is -2.21. The molecule has 1 saturated heterocycles. The largest absolute Gasteiger partial charge is 0.348 e. The highest BCUT2D eigenvalue weighted by Crippen LogP contribution is 2.26. The molecular formula is C18H23N5O. The molecule has 1 N–H and O–H groups in total. The first kappa shape index (κ1) is 15.3. The lowest BCUT2D eigenvalue weighted by atomic mass is 9.99. The number of nitrogens with zero attached hydrogens (tertiary/aromatic N) is 4. The van der Waals surface area contributed by atoms with Crippen molar-refractivity contribution < 1.29 is 4.79 Å². The maximum absolute atomic E-state index is 12.2. The van der Waals surface area contributed by atoms with Gasteiger partial charge in [0.05, 0.1) is 13.1 Å². The van der Waals surface area contributed by atoms with Crippen LogP contribution in [0.3, 0.4) is 0 Å². The zero-order valence-corrected chi connectivity index (χ0v) is 13.8. The second-order valence-electron chi connectivity index (χ2n) is 6.70. The molecule has 3 heterocycles. The van der Waals surface area contributed by atoms with Crippen molar-refractivity contribution in [2.24, 2.45) is 0 Å². The Morgan fingerprint density at radius 3 is 2.96 bits per heavy atom.